The summed E-state index contributed by atoms with van der Waals surface area (Å²) in [6.07, 6.45) is 4.47. The van der Waals surface area contributed by atoms with Gasteiger partial charge < -0.3 is 9.73 Å². The molecule has 29 heavy (non-hydrogen) atoms. The second-order valence-electron chi connectivity index (χ2n) is 6.67. The van der Waals surface area contributed by atoms with Crippen molar-refractivity contribution in [2.24, 2.45) is 0 Å². The second kappa shape index (κ2) is 8.83. The first kappa shape index (κ1) is 20.5. The lowest BCUT2D eigenvalue weighted by atomic mass is 10.1. The molecule has 1 N–H and O–H groups in total. The van der Waals surface area contributed by atoms with Crippen molar-refractivity contribution in [1.82, 2.24) is 15.5 Å². The molecule has 1 aromatic heterocycles. The van der Waals surface area contributed by atoms with Gasteiger partial charge in [0, 0.05) is 18.8 Å². The lowest BCUT2D eigenvalue weighted by Crippen LogP contribution is -2.28. The fourth-order valence-corrected chi connectivity index (χ4v) is 3.06. The molecule has 0 spiro atoms. The van der Waals surface area contributed by atoms with Gasteiger partial charge in [0.05, 0.1) is 0 Å². The van der Waals surface area contributed by atoms with Gasteiger partial charge in [-0.15, -0.1) is 5.10 Å². The molecule has 0 saturated carbocycles. The number of amides is 1. The number of benzene rings is 2. The van der Waals surface area contributed by atoms with Gasteiger partial charge in [0.2, 0.25) is 21.6 Å². The molecule has 0 saturated heterocycles. The Morgan fingerprint density at radius 2 is 1.79 bits per heavy atom. The molecule has 0 bridgehead atoms. The lowest BCUT2D eigenvalue weighted by Gasteiger charge is -2.14. The number of hydrogen-bond donors (Lipinski definition) is 1. The summed E-state index contributed by atoms with van der Waals surface area (Å²) >= 11 is 0. The SMILES string of the molecule is Cc1ccc(/C=C/C(=O)N[C@@H](Cc2ccccc2)c2nnc(S(C)(=O)=O)o2)cc1. The molecule has 0 radical (unpaired) electrons. The number of carbonyl (C=O) groups excluding carboxylic acids is 1. The van der Waals surface area contributed by atoms with E-state index in [-0.39, 0.29) is 11.8 Å². The van der Waals surface area contributed by atoms with Crippen LogP contribution in [0, 0.1) is 6.92 Å². The van der Waals surface area contributed by atoms with E-state index in [0.29, 0.717) is 6.42 Å². The molecular weight excluding hydrogens is 390 g/mol. The first-order valence-corrected chi connectivity index (χ1v) is 10.8. The minimum Gasteiger partial charge on any atom is -0.410 e. The molecule has 1 amide bonds. The Bertz CT molecular complexity index is 1100. The maximum Gasteiger partial charge on any atom is 0.335 e. The number of rotatable bonds is 7. The molecule has 0 aliphatic carbocycles. The van der Waals surface area contributed by atoms with Gasteiger partial charge in [0.25, 0.3) is 0 Å². The van der Waals surface area contributed by atoms with Crippen LogP contribution in [0.4, 0.5) is 0 Å². The molecule has 0 fully saturated rings. The van der Waals surface area contributed by atoms with Crippen molar-refractivity contribution in [2.45, 2.75) is 24.6 Å². The number of hydrogen-bond acceptors (Lipinski definition) is 6. The molecule has 3 aromatic rings. The largest absolute Gasteiger partial charge is 0.410 e. The number of sulfone groups is 1. The average molecular weight is 411 g/mol. The third kappa shape index (κ3) is 5.86. The van der Waals surface area contributed by atoms with E-state index in [4.69, 9.17) is 4.42 Å². The van der Waals surface area contributed by atoms with Gasteiger partial charge in [-0.25, -0.2) is 8.42 Å². The zero-order chi connectivity index (χ0) is 20.9. The van der Waals surface area contributed by atoms with E-state index >= 15 is 0 Å². The van der Waals surface area contributed by atoms with Crippen LogP contribution in [-0.2, 0) is 21.1 Å². The van der Waals surface area contributed by atoms with Crippen molar-refractivity contribution in [3.8, 4) is 0 Å². The number of aromatic nitrogens is 2. The summed E-state index contributed by atoms with van der Waals surface area (Å²) in [5, 5.41) is 9.75. The smallest absolute Gasteiger partial charge is 0.335 e. The van der Waals surface area contributed by atoms with E-state index in [0.717, 1.165) is 22.9 Å². The Hall–Kier alpha value is -3.26. The highest BCUT2D eigenvalue weighted by molar-refractivity contribution is 7.90. The maximum absolute atomic E-state index is 12.5. The number of nitrogens with zero attached hydrogens (tertiary/aromatic N) is 2. The predicted molar refractivity (Wildman–Crippen MR) is 109 cm³/mol. The van der Waals surface area contributed by atoms with Gasteiger partial charge in [0.15, 0.2) is 0 Å². The lowest BCUT2D eigenvalue weighted by molar-refractivity contribution is -0.117. The van der Waals surface area contributed by atoms with E-state index in [2.05, 4.69) is 15.5 Å². The van der Waals surface area contributed by atoms with E-state index in [1.807, 2.05) is 61.5 Å². The molecule has 7 nitrogen and oxygen atoms in total. The summed E-state index contributed by atoms with van der Waals surface area (Å²) in [5.74, 6) is -0.322. The van der Waals surface area contributed by atoms with Crippen molar-refractivity contribution in [3.05, 3.63) is 83.3 Å². The summed E-state index contributed by atoms with van der Waals surface area (Å²) in [7, 11) is -3.63. The van der Waals surface area contributed by atoms with Crippen molar-refractivity contribution in [2.75, 3.05) is 6.26 Å². The standard InChI is InChI=1S/C21H21N3O4S/c1-15-8-10-16(11-9-15)12-13-19(25)22-18(14-17-6-4-3-5-7-17)20-23-24-21(28-20)29(2,26)27/h3-13,18H,14H2,1-2H3,(H,22,25)/b13-12+/t18-/m0/s1. The van der Waals surface area contributed by atoms with Crippen LogP contribution in [0.1, 0.15) is 28.6 Å². The average Bonchev–Trinajstić information content (AvgIpc) is 3.19. The first-order chi connectivity index (χ1) is 13.8. The molecular formula is C21H21N3O4S. The fourth-order valence-electron chi connectivity index (χ4n) is 2.63. The normalized spacial score (nSPS) is 12.8. The van der Waals surface area contributed by atoms with Gasteiger partial charge in [-0.3, -0.25) is 4.79 Å². The molecule has 1 atom stereocenters. The van der Waals surface area contributed by atoms with E-state index < -0.39 is 21.1 Å². The summed E-state index contributed by atoms with van der Waals surface area (Å²) in [6.45, 7) is 1.99. The van der Waals surface area contributed by atoms with Gasteiger partial charge in [0.1, 0.15) is 6.04 Å². The van der Waals surface area contributed by atoms with Crippen molar-refractivity contribution >= 4 is 21.8 Å². The highest BCUT2D eigenvalue weighted by atomic mass is 32.2. The molecule has 0 aliphatic heterocycles. The quantitative estimate of drug-likeness (QED) is 0.600. The zero-order valence-corrected chi connectivity index (χ0v) is 16.9. The van der Waals surface area contributed by atoms with E-state index in [9.17, 15) is 13.2 Å². The van der Waals surface area contributed by atoms with Crippen molar-refractivity contribution < 1.29 is 17.6 Å². The van der Waals surface area contributed by atoms with Crippen LogP contribution in [-0.4, -0.2) is 30.8 Å². The van der Waals surface area contributed by atoms with Crippen LogP contribution in [0.25, 0.3) is 6.08 Å². The Labute approximate surface area is 169 Å². The van der Waals surface area contributed by atoms with E-state index in [1.165, 1.54) is 6.08 Å². The van der Waals surface area contributed by atoms with Crippen molar-refractivity contribution in [1.29, 1.82) is 0 Å². The van der Waals surface area contributed by atoms with Gasteiger partial charge in [-0.05, 0) is 24.1 Å². The molecule has 0 unspecified atom stereocenters. The fraction of sp³-hybridized carbons (Fsp3) is 0.190. The zero-order valence-electron chi connectivity index (χ0n) is 16.1. The Balaban J connectivity index is 1.79. The topological polar surface area (TPSA) is 102 Å². The van der Waals surface area contributed by atoms with Crippen LogP contribution in [0.15, 0.2) is 70.3 Å². The van der Waals surface area contributed by atoms with E-state index in [1.54, 1.807) is 6.08 Å². The monoisotopic (exact) mass is 411 g/mol. The summed E-state index contributed by atoms with van der Waals surface area (Å²) in [5.41, 5.74) is 2.95. The van der Waals surface area contributed by atoms with Crippen LogP contribution >= 0.6 is 0 Å². The number of carbonyl (C=O) groups is 1. The Morgan fingerprint density at radius 1 is 1.10 bits per heavy atom. The van der Waals surface area contributed by atoms with Gasteiger partial charge >= 0.3 is 5.22 Å². The third-order valence-electron chi connectivity index (χ3n) is 4.14. The van der Waals surface area contributed by atoms with Gasteiger partial charge in [-0.2, -0.15) is 0 Å². The Kier molecular flexibility index (Phi) is 6.23. The summed E-state index contributed by atoms with van der Waals surface area (Å²) in [4.78, 5) is 12.5. The summed E-state index contributed by atoms with van der Waals surface area (Å²) < 4.78 is 28.6. The third-order valence-corrected chi connectivity index (χ3v) is 4.94. The van der Waals surface area contributed by atoms with Gasteiger partial charge in [-0.1, -0.05) is 65.3 Å². The number of aryl methyl sites for hydroxylation is 1. The highest BCUT2D eigenvalue weighted by Crippen LogP contribution is 2.19. The van der Waals surface area contributed by atoms with Crippen LogP contribution in [0.3, 0.4) is 0 Å². The number of nitrogens with one attached hydrogen (secondary N) is 1. The van der Waals surface area contributed by atoms with Crippen molar-refractivity contribution in [3.63, 3.8) is 0 Å². The molecule has 0 aliphatic rings. The first-order valence-electron chi connectivity index (χ1n) is 8.94. The Morgan fingerprint density at radius 3 is 2.41 bits per heavy atom. The molecule has 150 valence electrons. The maximum atomic E-state index is 12.5. The minimum atomic E-state index is -3.63. The van der Waals surface area contributed by atoms with Crippen LogP contribution in [0.5, 0.6) is 0 Å². The molecule has 1 heterocycles. The summed E-state index contributed by atoms with van der Waals surface area (Å²) in [6, 6.07) is 16.5. The van der Waals surface area contributed by atoms with Crippen LogP contribution in [0.2, 0.25) is 0 Å². The predicted octanol–water partition coefficient (Wildman–Crippen LogP) is 2.89. The minimum absolute atomic E-state index is 0.0337. The molecule has 8 heteroatoms. The molecule has 3 rings (SSSR count). The second-order valence-corrected chi connectivity index (χ2v) is 8.57. The molecule has 2 aromatic carbocycles. The highest BCUT2D eigenvalue weighted by Gasteiger charge is 2.24. The van der Waals surface area contributed by atoms with Crippen LogP contribution < -0.4 is 5.32 Å².